The zero-order valence-corrected chi connectivity index (χ0v) is 15.7. The van der Waals surface area contributed by atoms with Gasteiger partial charge in [0.2, 0.25) is 6.10 Å². The predicted octanol–water partition coefficient (Wildman–Crippen LogP) is 4.19. The molecule has 0 spiro atoms. The molecule has 2 aliphatic heterocycles. The van der Waals surface area contributed by atoms with Gasteiger partial charge in [0.15, 0.2) is 11.5 Å². The van der Waals surface area contributed by atoms with Crippen molar-refractivity contribution in [3.05, 3.63) is 53.5 Å². The van der Waals surface area contributed by atoms with Crippen LogP contribution in [0.15, 0.2) is 48.5 Å². The van der Waals surface area contributed by atoms with Gasteiger partial charge in [0.1, 0.15) is 11.6 Å². The third-order valence-electron chi connectivity index (χ3n) is 5.17. The average molecular weight is 380 g/mol. The first kappa shape index (κ1) is 16.6. The molecule has 3 aromatic rings. The quantitative estimate of drug-likeness (QED) is 0.669. The molecule has 0 aliphatic carbocycles. The minimum Gasteiger partial charge on any atom is -0.485 e. The maximum absolute atomic E-state index is 13.3. The summed E-state index contributed by atoms with van der Waals surface area (Å²) in [6.45, 7) is 0.986. The fourth-order valence-electron chi connectivity index (χ4n) is 3.81. The number of rotatable bonds is 2. The van der Waals surface area contributed by atoms with Gasteiger partial charge >= 0.3 is 0 Å². The number of fused-ring (bicyclic) bond motifs is 2. The molecule has 2 aliphatic rings. The SMILES string of the molecule is O=C([C@@H]1COc2ccccc2O1)N1CCCC[C@@H]1c1nc2ccccc2s1. The van der Waals surface area contributed by atoms with Gasteiger partial charge in [-0.25, -0.2) is 4.98 Å². The van der Waals surface area contributed by atoms with Gasteiger partial charge < -0.3 is 14.4 Å². The van der Waals surface area contributed by atoms with Gasteiger partial charge in [0, 0.05) is 6.54 Å². The van der Waals surface area contributed by atoms with Crippen LogP contribution in [-0.2, 0) is 4.79 Å². The molecule has 27 heavy (non-hydrogen) atoms. The maximum Gasteiger partial charge on any atom is 0.267 e. The zero-order chi connectivity index (χ0) is 18.2. The van der Waals surface area contributed by atoms with Gasteiger partial charge in [-0.05, 0) is 43.5 Å². The highest BCUT2D eigenvalue weighted by molar-refractivity contribution is 7.18. The van der Waals surface area contributed by atoms with Crippen molar-refractivity contribution in [2.45, 2.75) is 31.4 Å². The van der Waals surface area contributed by atoms with Crippen molar-refractivity contribution in [3.63, 3.8) is 0 Å². The molecule has 1 fully saturated rings. The highest BCUT2D eigenvalue weighted by Gasteiger charge is 2.37. The summed E-state index contributed by atoms with van der Waals surface area (Å²) >= 11 is 1.68. The lowest BCUT2D eigenvalue weighted by Gasteiger charge is -2.37. The number of aromatic nitrogens is 1. The number of hydrogen-bond acceptors (Lipinski definition) is 5. The van der Waals surface area contributed by atoms with Crippen molar-refractivity contribution in [3.8, 4) is 11.5 Å². The monoisotopic (exact) mass is 380 g/mol. The number of thiazole rings is 1. The number of piperidine rings is 1. The van der Waals surface area contributed by atoms with Crippen LogP contribution < -0.4 is 9.47 Å². The summed E-state index contributed by atoms with van der Waals surface area (Å²) in [5.74, 6) is 1.33. The molecule has 3 heterocycles. The summed E-state index contributed by atoms with van der Waals surface area (Å²) in [5, 5.41) is 1.02. The van der Waals surface area contributed by atoms with Crippen molar-refractivity contribution in [1.82, 2.24) is 9.88 Å². The van der Waals surface area contributed by atoms with E-state index >= 15 is 0 Å². The fourth-order valence-corrected chi connectivity index (χ4v) is 4.93. The van der Waals surface area contributed by atoms with Crippen molar-refractivity contribution in [1.29, 1.82) is 0 Å². The largest absolute Gasteiger partial charge is 0.485 e. The standard InChI is InChI=1S/C21H20N2O3S/c24-21(18-13-25-16-9-2-3-10-17(16)26-18)23-12-6-5-8-15(23)20-22-14-7-1-4-11-19(14)27-20/h1-4,7,9-11,15,18H,5-6,8,12-13H2/t15-,18+/m1/s1. The summed E-state index contributed by atoms with van der Waals surface area (Å²) in [6, 6.07) is 15.7. The van der Waals surface area contributed by atoms with Crippen molar-refractivity contribution in [2.75, 3.05) is 13.2 Å². The van der Waals surface area contributed by atoms with Crippen LogP contribution in [0.25, 0.3) is 10.2 Å². The first-order chi connectivity index (χ1) is 13.3. The van der Waals surface area contributed by atoms with E-state index in [1.165, 1.54) is 0 Å². The second-order valence-electron chi connectivity index (χ2n) is 6.93. The van der Waals surface area contributed by atoms with Crippen molar-refractivity contribution >= 4 is 27.5 Å². The third-order valence-corrected chi connectivity index (χ3v) is 6.30. The van der Waals surface area contributed by atoms with Crippen LogP contribution in [0.4, 0.5) is 0 Å². The second-order valence-corrected chi connectivity index (χ2v) is 7.99. The molecule has 1 saturated heterocycles. The summed E-state index contributed by atoms with van der Waals surface area (Å²) in [6.07, 6.45) is 2.46. The molecule has 2 aromatic carbocycles. The van der Waals surface area contributed by atoms with E-state index in [4.69, 9.17) is 14.5 Å². The molecular weight excluding hydrogens is 360 g/mol. The van der Waals surface area contributed by atoms with E-state index in [1.807, 2.05) is 47.4 Å². The zero-order valence-electron chi connectivity index (χ0n) is 14.8. The summed E-state index contributed by atoms with van der Waals surface area (Å²) in [4.78, 5) is 20.0. The Morgan fingerprint density at radius 2 is 1.89 bits per heavy atom. The lowest BCUT2D eigenvalue weighted by Crippen LogP contribution is -2.49. The molecule has 0 bridgehead atoms. The molecule has 2 atom stereocenters. The van der Waals surface area contributed by atoms with E-state index in [2.05, 4.69) is 6.07 Å². The Labute approximate surface area is 161 Å². The highest BCUT2D eigenvalue weighted by Crippen LogP contribution is 2.37. The van der Waals surface area contributed by atoms with Crippen LogP contribution in [0.2, 0.25) is 0 Å². The molecule has 5 nitrogen and oxygen atoms in total. The molecule has 6 heteroatoms. The number of ether oxygens (including phenoxy) is 2. The molecular formula is C21H20N2O3S. The molecule has 0 N–H and O–H groups in total. The van der Waals surface area contributed by atoms with E-state index in [9.17, 15) is 4.79 Å². The van der Waals surface area contributed by atoms with Gasteiger partial charge in [0.25, 0.3) is 5.91 Å². The van der Waals surface area contributed by atoms with Gasteiger partial charge in [-0.3, -0.25) is 4.79 Å². The Bertz CT molecular complexity index is 953. The molecule has 138 valence electrons. The van der Waals surface area contributed by atoms with Crippen LogP contribution in [-0.4, -0.2) is 35.0 Å². The molecule has 1 amide bonds. The Kier molecular flexibility index (Phi) is 4.20. The van der Waals surface area contributed by atoms with Gasteiger partial charge in [-0.1, -0.05) is 24.3 Å². The Hall–Kier alpha value is -2.60. The molecule has 0 saturated carbocycles. The van der Waals surface area contributed by atoms with E-state index in [-0.39, 0.29) is 18.6 Å². The second kappa shape index (κ2) is 6.85. The number of benzene rings is 2. The number of nitrogens with zero attached hydrogens (tertiary/aromatic N) is 2. The highest BCUT2D eigenvalue weighted by atomic mass is 32.1. The molecule has 1 aromatic heterocycles. The van der Waals surface area contributed by atoms with E-state index in [1.54, 1.807) is 11.3 Å². The Morgan fingerprint density at radius 3 is 2.78 bits per heavy atom. The van der Waals surface area contributed by atoms with Gasteiger partial charge in [-0.2, -0.15) is 0 Å². The minimum absolute atomic E-state index is 0.00606. The molecule has 0 radical (unpaired) electrons. The summed E-state index contributed by atoms with van der Waals surface area (Å²) < 4.78 is 12.9. The van der Waals surface area contributed by atoms with Gasteiger partial charge in [-0.15, -0.1) is 11.3 Å². The molecule has 0 unspecified atom stereocenters. The van der Waals surface area contributed by atoms with E-state index < -0.39 is 6.10 Å². The van der Waals surface area contributed by atoms with Crippen molar-refractivity contribution < 1.29 is 14.3 Å². The van der Waals surface area contributed by atoms with Crippen LogP contribution in [0.1, 0.15) is 30.3 Å². The number of carbonyl (C=O) groups is 1. The lowest BCUT2D eigenvalue weighted by molar-refractivity contribution is -0.145. The van der Waals surface area contributed by atoms with Gasteiger partial charge in [0.05, 0.1) is 16.3 Å². The maximum atomic E-state index is 13.3. The smallest absolute Gasteiger partial charge is 0.267 e. The van der Waals surface area contributed by atoms with Crippen LogP contribution in [0.5, 0.6) is 11.5 Å². The number of para-hydroxylation sites is 3. The summed E-state index contributed by atoms with van der Waals surface area (Å²) in [7, 11) is 0. The lowest BCUT2D eigenvalue weighted by atomic mass is 10.0. The Balaban J connectivity index is 1.41. The number of carbonyl (C=O) groups excluding carboxylic acids is 1. The summed E-state index contributed by atoms with van der Waals surface area (Å²) in [5.41, 5.74) is 1.00. The predicted molar refractivity (Wildman–Crippen MR) is 104 cm³/mol. The minimum atomic E-state index is -0.602. The van der Waals surface area contributed by atoms with Crippen molar-refractivity contribution in [2.24, 2.45) is 0 Å². The van der Waals surface area contributed by atoms with Crippen LogP contribution >= 0.6 is 11.3 Å². The van der Waals surface area contributed by atoms with E-state index in [0.717, 1.165) is 41.0 Å². The van der Waals surface area contributed by atoms with Crippen LogP contribution in [0, 0.1) is 0 Å². The number of hydrogen-bond donors (Lipinski definition) is 0. The number of amides is 1. The fraction of sp³-hybridized carbons (Fsp3) is 0.333. The number of likely N-dealkylation sites (tertiary alicyclic amines) is 1. The Morgan fingerprint density at radius 1 is 1.07 bits per heavy atom. The van der Waals surface area contributed by atoms with Crippen LogP contribution in [0.3, 0.4) is 0 Å². The average Bonchev–Trinajstić information content (AvgIpc) is 3.17. The third kappa shape index (κ3) is 3.04. The normalized spacial score (nSPS) is 22.0. The first-order valence-corrected chi connectivity index (χ1v) is 10.2. The molecule has 5 rings (SSSR count). The first-order valence-electron chi connectivity index (χ1n) is 9.34. The van der Waals surface area contributed by atoms with E-state index in [0.29, 0.717) is 11.5 Å². The topological polar surface area (TPSA) is 51.7 Å².